The van der Waals surface area contributed by atoms with Gasteiger partial charge in [0.05, 0.1) is 17.4 Å². The Balaban J connectivity index is 3.14. The number of carboxylic acid groups (broad SMARTS) is 1. The highest BCUT2D eigenvalue weighted by Gasteiger charge is 2.18. The Kier molecular flexibility index (Phi) is 3.84. The molecule has 0 saturated heterocycles. The van der Waals surface area contributed by atoms with Gasteiger partial charge in [0.1, 0.15) is 5.82 Å². The summed E-state index contributed by atoms with van der Waals surface area (Å²) in [6, 6.07) is 3.87. The number of rotatable bonds is 4. The minimum atomic E-state index is -1.19. The molecule has 0 fully saturated rings. The monoisotopic (exact) mass is 227 g/mol. The molecule has 1 aromatic carbocycles. The summed E-state index contributed by atoms with van der Waals surface area (Å²) in [4.78, 5) is 12.3. The predicted octanol–water partition coefficient (Wildman–Crippen LogP) is 1.34. The number of likely N-dealkylation sites (N-methyl/N-ethyl adjacent to an activating group) is 1. The average molecular weight is 227 g/mol. The van der Waals surface area contributed by atoms with Crippen LogP contribution in [0.25, 0.3) is 0 Å². The van der Waals surface area contributed by atoms with Gasteiger partial charge in [-0.2, -0.15) is 0 Å². The quantitative estimate of drug-likeness (QED) is 0.814. The third-order valence-electron chi connectivity index (χ3n) is 2.14. The Morgan fingerprint density at radius 2 is 2.19 bits per heavy atom. The van der Waals surface area contributed by atoms with Crippen LogP contribution in [0.2, 0.25) is 0 Å². The zero-order chi connectivity index (χ0) is 12.3. The molecule has 0 aliphatic carbocycles. The van der Waals surface area contributed by atoms with Gasteiger partial charge in [0.15, 0.2) is 0 Å². The van der Waals surface area contributed by atoms with Crippen LogP contribution in [0.15, 0.2) is 18.2 Å². The lowest BCUT2D eigenvalue weighted by atomic mass is 10.1. The first kappa shape index (κ1) is 12.4. The highest BCUT2D eigenvalue weighted by molar-refractivity contribution is 5.94. The molecule has 88 valence electrons. The van der Waals surface area contributed by atoms with Crippen molar-refractivity contribution in [2.24, 2.45) is 0 Å². The molecule has 0 saturated carbocycles. The van der Waals surface area contributed by atoms with E-state index >= 15 is 0 Å². The van der Waals surface area contributed by atoms with Crippen molar-refractivity contribution in [2.45, 2.75) is 13.0 Å². The van der Waals surface area contributed by atoms with E-state index in [1.807, 2.05) is 0 Å². The van der Waals surface area contributed by atoms with Crippen LogP contribution in [0.1, 0.15) is 17.3 Å². The van der Waals surface area contributed by atoms with Crippen LogP contribution in [0.4, 0.5) is 10.1 Å². The number of halogens is 1. The largest absolute Gasteiger partial charge is 0.478 e. The number of aromatic carboxylic acids is 1. The van der Waals surface area contributed by atoms with Crippen LogP contribution in [0, 0.1) is 5.82 Å². The fraction of sp³-hybridized carbons (Fsp3) is 0.364. The second kappa shape index (κ2) is 4.94. The second-order valence-corrected chi connectivity index (χ2v) is 3.67. The SMILES string of the molecule is CC(O)CN(C)c1c(F)cccc1C(=O)O. The van der Waals surface area contributed by atoms with Gasteiger partial charge in [-0.15, -0.1) is 0 Å². The van der Waals surface area contributed by atoms with Crippen molar-refractivity contribution >= 4 is 11.7 Å². The Morgan fingerprint density at radius 1 is 1.56 bits per heavy atom. The van der Waals surface area contributed by atoms with E-state index in [0.29, 0.717) is 0 Å². The molecule has 1 rings (SSSR count). The molecule has 0 spiro atoms. The third-order valence-corrected chi connectivity index (χ3v) is 2.14. The molecule has 16 heavy (non-hydrogen) atoms. The molecular weight excluding hydrogens is 213 g/mol. The molecule has 2 N–H and O–H groups in total. The lowest BCUT2D eigenvalue weighted by Crippen LogP contribution is -2.29. The van der Waals surface area contributed by atoms with Gasteiger partial charge in [0.25, 0.3) is 0 Å². The van der Waals surface area contributed by atoms with E-state index in [-0.39, 0.29) is 17.8 Å². The molecule has 1 atom stereocenters. The number of carboxylic acids is 1. The zero-order valence-corrected chi connectivity index (χ0v) is 9.14. The maximum Gasteiger partial charge on any atom is 0.337 e. The number of aliphatic hydroxyl groups is 1. The van der Waals surface area contributed by atoms with Gasteiger partial charge >= 0.3 is 5.97 Å². The smallest absolute Gasteiger partial charge is 0.337 e. The van der Waals surface area contributed by atoms with E-state index in [1.165, 1.54) is 30.1 Å². The highest BCUT2D eigenvalue weighted by Crippen LogP contribution is 2.23. The van der Waals surface area contributed by atoms with Crippen molar-refractivity contribution < 1.29 is 19.4 Å². The number of para-hydroxylation sites is 1. The first-order chi connectivity index (χ1) is 7.43. The second-order valence-electron chi connectivity index (χ2n) is 3.67. The predicted molar refractivity (Wildman–Crippen MR) is 58.3 cm³/mol. The first-order valence-electron chi connectivity index (χ1n) is 4.84. The van der Waals surface area contributed by atoms with Crippen LogP contribution in [0.5, 0.6) is 0 Å². The van der Waals surface area contributed by atoms with Crippen molar-refractivity contribution in [2.75, 3.05) is 18.5 Å². The van der Waals surface area contributed by atoms with Crippen molar-refractivity contribution in [3.8, 4) is 0 Å². The molecule has 0 aliphatic heterocycles. The van der Waals surface area contributed by atoms with Crippen LogP contribution in [-0.2, 0) is 0 Å². The lowest BCUT2D eigenvalue weighted by Gasteiger charge is -2.23. The first-order valence-corrected chi connectivity index (χ1v) is 4.84. The standard InChI is InChI=1S/C11H14FNO3/c1-7(14)6-13(2)10-8(11(15)16)4-3-5-9(10)12/h3-5,7,14H,6H2,1-2H3,(H,15,16). The molecule has 0 aromatic heterocycles. The van der Waals surface area contributed by atoms with E-state index in [4.69, 9.17) is 5.11 Å². The summed E-state index contributed by atoms with van der Waals surface area (Å²) in [5, 5.41) is 18.1. The fourth-order valence-electron chi connectivity index (χ4n) is 1.56. The average Bonchev–Trinajstić information content (AvgIpc) is 2.15. The zero-order valence-electron chi connectivity index (χ0n) is 9.14. The molecule has 5 heteroatoms. The fourth-order valence-corrected chi connectivity index (χ4v) is 1.56. The highest BCUT2D eigenvalue weighted by atomic mass is 19.1. The van der Waals surface area contributed by atoms with Gasteiger partial charge in [-0.25, -0.2) is 9.18 Å². The van der Waals surface area contributed by atoms with E-state index in [0.717, 1.165) is 0 Å². The number of aliphatic hydroxyl groups excluding tert-OH is 1. The van der Waals surface area contributed by atoms with Crippen molar-refractivity contribution in [3.05, 3.63) is 29.6 Å². The minimum absolute atomic E-state index is 0.00380. The normalized spacial score (nSPS) is 12.2. The number of hydrogen-bond donors (Lipinski definition) is 2. The maximum absolute atomic E-state index is 13.5. The van der Waals surface area contributed by atoms with Crippen LogP contribution in [0.3, 0.4) is 0 Å². The molecule has 0 radical (unpaired) electrons. The Bertz CT molecular complexity index is 393. The summed E-state index contributed by atoms with van der Waals surface area (Å²) in [6.45, 7) is 1.72. The maximum atomic E-state index is 13.5. The number of benzene rings is 1. The van der Waals surface area contributed by atoms with Gasteiger partial charge in [0, 0.05) is 13.6 Å². The Hall–Kier alpha value is -1.62. The number of anilines is 1. The molecule has 0 bridgehead atoms. The molecular formula is C11H14FNO3. The third kappa shape index (κ3) is 2.70. The molecule has 0 amide bonds. The topological polar surface area (TPSA) is 60.8 Å². The molecule has 1 unspecified atom stereocenters. The number of hydrogen-bond acceptors (Lipinski definition) is 3. The van der Waals surface area contributed by atoms with Gasteiger partial charge in [-0.3, -0.25) is 0 Å². The number of nitrogens with zero attached hydrogens (tertiary/aromatic N) is 1. The summed E-state index contributed by atoms with van der Waals surface area (Å²) in [6.07, 6.45) is -0.661. The summed E-state index contributed by atoms with van der Waals surface area (Å²) in [7, 11) is 1.54. The van der Waals surface area contributed by atoms with E-state index in [2.05, 4.69) is 0 Å². The molecule has 0 heterocycles. The van der Waals surface area contributed by atoms with Gasteiger partial charge < -0.3 is 15.1 Å². The van der Waals surface area contributed by atoms with Crippen molar-refractivity contribution in [3.63, 3.8) is 0 Å². The Labute approximate surface area is 92.9 Å². The van der Waals surface area contributed by atoms with E-state index < -0.39 is 17.9 Å². The minimum Gasteiger partial charge on any atom is -0.478 e. The lowest BCUT2D eigenvalue weighted by molar-refractivity contribution is 0.0696. The van der Waals surface area contributed by atoms with Crippen molar-refractivity contribution in [1.29, 1.82) is 0 Å². The summed E-state index contributed by atoms with van der Waals surface area (Å²) in [5.41, 5.74) is -0.112. The van der Waals surface area contributed by atoms with Gasteiger partial charge in [0.2, 0.25) is 0 Å². The molecule has 1 aromatic rings. The molecule has 0 aliphatic rings. The van der Waals surface area contributed by atoms with Crippen LogP contribution < -0.4 is 4.90 Å². The van der Waals surface area contributed by atoms with Crippen LogP contribution in [-0.4, -0.2) is 35.9 Å². The van der Waals surface area contributed by atoms with Gasteiger partial charge in [-0.1, -0.05) is 6.07 Å². The Morgan fingerprint density at radius 3 is 2.69 bits per heavy atom. The summed E-state index contributed by atoms with van der Waals surface area (Å²) < 4.78 is 13.5. The van der Waals surface area contributed by atoms with Gasteiger partial charge in [-0.05, 0) is 19.1 Å². The van der Waals surface area contributed by atoms with Crippen LogP contribution >= 0.6 is 0 Å². The van der Waals surface area contributed by atoms with E-state index in [1.54, 1.807) is 6.92 Å². The number of carbonyl (C=O) groups is 1. The van der Waals surface area contributed by atoms with E-state index in [9.17, 15) is 14.3 Å². The molecule has 4 nitrogen and oxygen atoms in total. The summed E-state index contributed by atoms with van der Waals surface area (Å²) in [5.74, 6) is -1.80. The summed E-state index contributed by atoms with van der Waals surface area (Å²) >= 11 is 0. The van der Waals surface area contributed by atoms with Crippen molar-refractivity contribution in [1.82, 2.24) is 0 Å².